The summed E-state index contributed by atoms with van der Waals surface area (Å²) in [6, 6.07) is 3.78. The summed E-state index contributed by atoms with van der Waals surface area (Å²) in [5.41, 5.74) is 6.23. The molecule has 0 aliphatic carbocycles. The van der Waals surface area contributed by atoms with Crippen LogP contribution in [0.15, 0.2) is 18.2 Å². The van der Waals surface area contributed by atoms with Gasteiger partial charge in [0.25, 0.3) is 5.91 Å². The van der Waals surface area contributed by atoms with Gasteiger partial charge in [-0.2, -0.15) is 0 Å². The van der Waals surface area contributed by atoms with E-state index in [2.05, 4.69) is 26.1 Å². The van der Waals surface area contributed by atoms with E-state index >= 15 is 0 Å². The average molecular weight is 238 g/mol. The highest BCUT2D eigenvalue weighted by atomic mass is 19.1. The standard InChI is InChI=1S/C13H19FN2O/c1-13(2,3)6-7-16-12(17)10-5-4-9(14)8-11(10)15/h4-5,8H,6-7,15H2,1-3H3,(H,16,17). The zero-order valence-electron chi connectivity index (χ0n) is 10.5. The van der Waals surface area contributed by atoms with Gasteiger partial charge < -0.3 is 11.1 Å². The molecule has 0 aliphatic heterocycles. The molecular formula is C13H19FN2O. The number of nitrogen functional groups attached to an aromatic ring is 1. The van der Waals surface area contributed by atoms with Crippen molar-refractivity contribution in [2.24, 2.45) is 5.41 Å². The summed E-state index contributed by atoms with van der Waals surface area (Å²) in [6.07, 6.45) is 0.875. The summed E-state index contributed by atoms with van der Waals surface area (Å²) in [7, 11) is 0. The third-order valence-corrected chi connectivity index (χ3v) is 2.42. The lowest BCUT2D eigenvalue weighted by Gasteiger charge is -2.18. The van der Waals surface area contributed by atoms with Crippen LogP contribution in [0.2, 0.25) is 0 Å². The Bertz CT molecular complexity index is 410. The molecule has 1 rings (SSSR count). The third kappa shape index (κ3) is 4.43. The van der Waals surface area contributed by atoms with Gasteiger partial charge in [-0.15, -0.1) is 0 Å². The molecule has 1 aromatic carbocycles. The van der Waals surface area contributed by atoms with Crippen LogP contribution in [0, 0.1) is 11.2 Å². The molecule has 0 heterocycles. The monoisotopic (exact) mass is 238 g/mol. The van der Waals surface area contributed by atoms with Crippen LogP contribution in [0.1, 0.15) is 37.6 Å². The second-order valence-corrected chi connectivity index (χ2v) is 5.30. The highest BCUT2D eigenvalue weighted by molar-refractivity contribution is 5.99. The van der Waals surface area contributed by atoms with E-state index in [4.69, 9.17) is 5.73 Å². The number of rotatable bonds is 3. The first-order chi connectivity index (χ1) is 7.79. The van der Waals surface area contributed by atoms with Crippen LogP contribution in [-0.2, 0) is 0 Å². The molecule has 1 amide bonds. The van der Waals surface area contributed by atoms with Gasteiger partial charge in [0.1, 0.15) is 5.82 Å². The Morgan fingerprint density at radius 3 is 2.59 bits per heavy atom. The lowest BCUT2D eigenvalue weighted by molar-refractivity contribution is 0.0950. The minimum Gasteiger partial charge on any atom is -0.398 e. The van der Waals surface area contributed by atoms with E-state index in [-0.39, 0.29) is 17.0 Å². The topological polar surface area (TPSA) is 55.1 Å². The number of nitrogens with one attached hydrogen (secondary N) is 1. The molecular weight excluding hydrogens is 219 g/mol. The van der Waals surface area contributed by atoms with Gasteiger partial charge in [0, 0.05) is 12.2 Å². The van der Waals surface area contributed by atoms with E-state index in [0.29, 0.717) is 12.1 Å². The number of carbonyl (C=O) groups excluding carboxylic acids is 1. The fourth-order valence-corrected chi connectivity index (χ4v) is 1.39. The Morgan fingerprint density at radius 2 is 2.06 bits per heavy atom. The first-order valence-corrected chi connectivity index (χ1v) is 5.63. The molecule has 94 valence electrons. The van der Waals surface area contributed by atoms with Gasteiger partial charge >= 0.3 is 0 Å². The predicted molar refractivity (Wildman–Crippen MR) is 67.2 cm³/mol. The molecule has 0 saturated carbocycles. The number of hydrogen-bond acceptors (Lipinski definition) is 2. The highest BCUT2D eigenvalue weighted by Gasteiger charge is 2.13. The van der Waals surface area contributed by atoms with Crippen molar-refractivity contribution < 1.29 is 9.18 Å². The normalized spacial score (nSPS) is 11.3. The van der Waals surface area contributed by atoms with Crippen molar-refractivity contribution in [1.29, 1.82) is 0 Å². The molecule has 0 spiro atoms. The zero-order chi connectivity index (χ0) is 13.1. The molecule has 3 N–H and O–H groups in total. The molecule has 0 atom stereocenters. The molecule has 0 aliphatic rings. The highest BCUT2D eigenvalue weighted by Crippen LogP contribution is 2.17. The molecule has 4 heteroatoms. The number of hydrogen-bond donors (Lipinski definition) is 2. The second kappa shape index (κ2) is 5.17. The van der Waals surface area contributed by atoms with Gasteiger partial charge in [-0.3, -0.25) is 4.79 Å². The first kappa shape index (κ1) is 13.5. The smallest absolute Gasteiger partial charge is 0.253 e. The maximum Gasteiger partial charge on any atom is 0.253 e. The Kier molecular flexibility index (Phi) is 4.10. The van der Waals surface area contributed by atoms with Gasteiger partial charge in [-0.25, -0.2) is 4.39 Å². The predicted octanol–water partition coefficient (Wildman–Crippen LogP) is 2.57. The maximum absolute atomic E-state index is 12.8. The summed E-state index contributed by atoms with van der Waals surface area (Å²) in [5.74, 6) is -0.694. The number of nitrogens with two attached hydrogens (primary N) is 1. The summed E-state index contributed by atoms with van der Waals surface area (Å²) in [6.45, 7) is 6.89. The largest absolute Gasteiger partial charge is 0.398 e. The van der Waals surface area contributed by atoms with Crippen LogP contribution in [0.5, 0.6) is 0 Å². The molecule has 0 saturated heterocycles. The number of halogens is 1. The molecule has 0 fully saturated rings. The molecule has 0 radical (unpaired) electrons. The third-order valence-electron chi connectivity index (χ3n) is 2.42. The van der Waals surface area contributed by atoms with E-state index in [1.54, 1.807) is 0 Å². The van der Waals surface area contributed by atoms with Gasteiger partial charge in [0.05, 0.1) is 5.56 Å². The van der Waals surface area contributed by atoms with E-state index in [1.165, 1.54) is 12.1 Å². The number of anilines is 1. The lowest BCUT2D eigenvalue weighted by Crippen LogP contribution is -2.27. The van der Waals surface area contributed by atoms with E-state index in [0.717, 1.165) is 12.5 Å². The van der Waals surface area contributed by atoms with Gasteiger partial charge in [-0.1, -0.05) is 20.8 Å². The summed E-state index contributed by atoms with van der Waals surface area (Å²) in [5, 5.41) is 2.77. The van der Waals surface area contributed by atoms with Crippen LogP contribution in [0.4, 0.5) is 10.1 Å². The SMILES string of the molecule is CC(C)(C)CCNC(=O)c1ccc(F)cc1N. The van der Waals surface area contributed by atoms with E-state index in [9.17, 15) is 9.18 Å². The van der Waals surface area contributed by atoms with Gasteiger partial charge in [-0.05, 0) is 30.0 Å². The molecule has 0 bridgehead atoms. The van der Waals surface area contributed by atoms with Gasteiger partial charge in [0.15, 0.2) is 0 Å². The number of benzene rings is 1. The van der Waals surface area contributed by atoms with Crippen molar-refractivity contribution in [2.45, 2.75) is 27.2 Å². The lowest BCUT2D eigenvalue weighted by atomic mass is 9.92. The summed E-state index contributed by atoms with van der Waals surface area (Å²) < 4.78 is 12.8. The van der Waals surface area contributed by atoms with Crippen LogP contribution in [0.3, 0.4) is 0 Å². The second-order valence-electron chi connectivity index (χ2n) is 5.30. The molecule has 3 nitrogen and oxygen atoms in total. The Labute approximate surface area is 101 Å². The minimum atomic E-state index is -0.436. The summed E-state index contributed by atoms with van der Waals surface area (Å²) in [4.78, 5) is 11.7. The molecule has 0 aromatic heterocycles. The number of carbonyl (C=O) groups is 1. The number of amides is 1. The van der Waals surface area contributed by atoms with Crippen LogP contribution < -0.4 is 11.1 Å². The van der Waals surface area contributed by atoms with Crippen LogP contribution in [0.25, 0.3) is 0 Å². The molecule has 1 aromatic rings. The molecule has 0 unspecified atom stereocenters. The Morgan fingerprint density at radius 1 is 1.41 bits per heavy atom. The fraction of sp³-hybridized carbons (Fsp3) is 0.462. The maximum atomic E-state index is 12.8. The average Bonchev–Trinajstić information content (AvgIpc) is 2.15. The first-order valence-electron chi connectivity index (χ1n) is 5.63. The summed E-state index contributed by atoms with van der Waals surface area (Å²) >= 11 is 0. The minimum absolute atomic E-state index is 0.165. The Hall–Kier alpha value is -1.58. The molecule has 17 heavy (non-hydrogen) atoms. The van der Waals surface area contributed by atoms with Crippen molar-refractivity contribution in [3.8, 4) is 0 Å². The quantitative estimate of drug-likeness (QED) is 0.795. The van der Waals surface area contributed by atoms with Crippen molar-refractivity contribution in [1.82, 2.24) is 5.32 Å². The van der Waals surface area contributed by atoms with E-state index < -0.39 is 5.82 Å². The van der Waals surface area contributed by atoms with Crippen LogP contribution >= 0.6 is 0 Å². The van der Waals surface area contributed by atoms with Crippen LogP contribution in [-0.4, -0.2) is 12.5 Å². The van der Waals surface area contributed by atoms with Crippen molar-refractivity contribution in [3.05, 3.63) is 29.6 Å². The Balaban J connectivity index is 2.59. The van der Waals surface area contributed by atoms with Crippen molar-refractivity contribution in [2.75, 3.05) is 12.3 Å². The van der Waals surface area contributed by atoms with Crippen molar-refractivity contribution >= 4 is 11.6 Å². The zero-order valence-corrected chi connectivity index (χ0v) is 10.5. The fourth-order valence-electron chi connectivity index (χ4n) is 1.39. The van der Waals surface area contributed by atoms with Gasteiger partial charge in [0.2, 0.25) is 0 Å². The van der Waals surface area contributed by atoms with Crippen molar-refractivity contribution in [3.63, 3.8) is 0 Å². The van der Waals surface area contributed by atoms with E-state index in [1.807, 2.05) is 0 Å².